The lowest BCUT2D eigenvalue weighted by Crippen LogP contribution is -2.19. The summed E-state index contributed by atoms with van der Waals surface area (Å²) in [4.78, 5) is 11.9. The smallest absolute Gasteiger partial charge is 0.323 e. The summed E-state index contributed by atoms with van der Waals surface area (Å²) >= 11 is 0. The van der Waals surface area contributed by atoms with Crippen molar-refractivity contribution in [2.24, 2.45) is 0 Å². The first-order chi connectivity index (χ1) is 10.7. The van der Waals surface area contributed by atoms with Gasteiger partial charge in [-0.2, -0.15) is 5.26 Å². The molecule has 6 nitrogen and oxygen atoms in total. The van der Waals surface area contributed by atoms with Crippen LogP contribution >= 0.6 is 0 Å². The molecule has 0 aliphatic rings. The van der Waals surface area contributed by atoms with Gasteiger partial charge < -0.3 is 20.1 Å². The summed E-state index contributed by atoms with van der Waals surface area (Å²) in [6.45, 7) is 0. The summed E-state index contributed by atoms with van der Waals surface area (Å²) in [5, 5.41) is 14.1. The Hall–Kier alpha value is -3.20. The van der Waals surface area contributed by atoms with Crippen molar-refractivity contribution in [2.75, 3.05) is 24.9 Å². The molecule has 0 atom stereocenters. The molecule has 0 bridgehead atoms. The van der Waals surface area contributed by atoms with Crippen molar-refractivity contribution in [3.63, 3.8) is 0 Å². The SMILES string of the molecule is COc1ccc(NC(=O)Nc2ccc(C#N)cc2)cc1OC. The number of hydrogen-bond donors (Lipinski definition) is 2. The average molecular weight is 297 g/mol. The number of anilines is 2. The maximum Gasteiger partial charge on any atom is 0.323 e. The number of amides is 2. The van der Waals surface area contributed by atoms with Gasteiger partial charge in [0, 0.05) is 17.4 Å². The van der Waals surface area contributed by atoms with Gasteiger partial charge in [0.05, 0.1) is 25.9 Å². The van der Waals surface area contributed by atoms with E-state index in [1.54, 1.807) is 49.6 Å². The molecule has 0 saturated heterocycles. The molecule has 22 heavy (non-hydrogen) atoms. The number of ether oxygens (including phenoxy) is 2. The molecule has 2 rings (SSSR count). The summed E-state index contributed by atoms with van der Waals surface area (Å²) in [6, 6.07) is 13.3. The molecule has 0 aliphatic carbocycles. The molecule has 112 valence electrons. The fourth-order valence-corrected chi connectivity index (χ4v) is 1.84. The van der Waals surface area contributed by atoms with Crippen LogP contribution in [0, 0.1) is 11.3 Å². The number of carbonyl (C=O) groups excluding carboxylic acids is 1. The van der Waals surface area contributed by atoms with E-state index in [1.165, 1.54) is 7.11 Å². The van der Waals surface area contributed by atoms with Crippen molar-refractivity contribution in [3.05, 3.63) is 48.0 Å². The second kappa shape index (κ2) is 6.99. The van der Waals surface area contributed by atoms with Crippen molar-refractivity contribution in [2.45, 2.75) is 0 Å². The van der Waals surface area contributed by atoms with Gasteiger partial charge in [-0.1, -0.05) is 0 Å². The molecule has 6 heteroatoms. The van der Waals surface area contributed by atoms with Gasteiger partial charge in [0.1, 0.15) is 0 Å². The van der Waals surface area contributed by atoms with Crippen LogP contribution in [0.1, 0.15) is 5.56 Å². The minimum Gasteiger partial charge on any atom is -0.493 e. The highest BCUT2D eigenvalue weighted by molar-refractivity contribution is 5.99. The van der Waals surface area contributed by atoms with E-state index in [2.05, 4.69) is 10.6 Å². The number of nitriles is 1. The Morgan fingerprint density at radius 2 is 1.55 bits per heavy atom. The third-order valence-corrected chi connectivity index (χ3v) is 2.91. The van der Waals surface area contributed by atoms with Crippen LogP contribution in [-0.2, 0) is 0 Å². The van der Waals surface area contributed by atoms with Crippen molar-refractivity contribution >= 4 is 17.4 Å². The first-order valence-electron chi connectivity index (χ1n) is 6.46. The maximum atomic E-state index is 11.9. The second-order valence-electron chi connectivity index (χ2n) is 4.34. The van der Waals surface area contributed by atoms with E-state index < -0.39 is 6.03 Å². The summed E-state index contributed by atoms with van der Waals surface area (Å²) < 4.78 is 10.3. The zero-order chi connectivity index (χ0) is 15.9. The van der Waals surface area contributed by atoms with Gasteiger partial charge in [0.25, 0.3) is 0 Å². The first-order valence-corrected chi connectivity index (χ1v) is 6.46. The molecular weight excluding hydrogens is 282 g/mol. The third-order valence-electron chi connectivity index (χ3n) is 2.91. The number of carbonyl (C=O) groups is 1. The molecule has 0 radical (unpaired) electrons. The number of methoxy groups -OCH3 is 2. The van der Waals surface area contributed by atoms with Crippen LogP contribution in [0.4, 0.5) is 16.2 Å². The van der Waals surface area contributed by atoms with Crippen LogP contribution < -0.4 is 20.1 Å². The number of rotatable bonds is 4. The fraction of sp³-hybridized carbons (Fsp3) is 0.125. The maximum absolute atomic E-state index is 11.9. The molecule has 0 unspecified atom stereocenters. The molecule has 0 spiro atoms. The predicted octanol–water partition coefficient (Wildman–Crippen LogP) is 3.22. The Kier molecular flexibility index (Phi) is 4.83. The largest absolute Gasteiger partial charge is 0.493 e. The lowest BCUT2D eigenvalue weighted by molar-refractivity contribution is 0.262. The Morgan fingerprint density at radius 1 is 0.955 bits per heavy atom. The fourth-order valence-electron chi connectivity index (χ4n) is 1.84. The Labute approximate surface area is 128 Å². The van der Waals surface area contributed by atoms with Crippen LogP contribution in [0.15, 0.2) is 42.5 Å². The van der Waals surface area contributed by atoms with E-state index in [0.717, 1.165) is 0 Å². The highest BCUT2D eigenvalue weighted by atomic mass is 16.5. The molecule has 2 amide bonds. The number of nitrogens with zero attached hydrogens (tertiary/aromatic N) is 1. The lowest BCUT2D eigenvalue weighted by Gasteiger charge is -2.11. The van der Waals surface area contributed by atoms with Crippen molar-refractivity contribution in [1.29, 1.82) is 5.26 Å². The Bertz CT molecular complexity index is 706. The van der Waals surface area contributed by atoms with E-state index in [-0.39, 0.29) is 0 Å². The number of benzene rings is 2. The van der Waals surface area contributed by atoms with Gasteiger partial charge in [-0.25, -0.2) is 4.79 Å². The number of hydrogen-bond acceptors (Lipinski definition) is 4. The number of urea groups is 1. The minimum atomic E-state index is -0.392. The van der Waals surface area contributed by atoms with E-state index in [4.69, 9.17) is 14.7 Å². The van der Waals surface area contributed by atoms with Crippen molar-refractivity contribution < 1.29 is 14.3 Å². The van der Waals surface area contributed by atoms with E-state index in [1.807, 2.05) is 6.07 Å². The first kappa shape index (κ1) is 15.2. The molecule has 0 saturated carbocycles. The normalized spacial score (nSPS) is 9.50. The highest BCUT2D eigenvalue weighted by Crippen LogP contribution is 2.29. The van der Waals surface area contributed by atoms with Crippen LogP contribution in [0.25, 0.3) is 0 Å². The standard InChI is InChI=1S/C16H15N3O3/c1-21-14-8-7-13(9-15(14)22-2)19-16(20)18-12-5-3-11(10-17)4-6-12/h3-9H,1-2H3,(H2,18,19,20). The molecule has 0 heterocycles. The molecule has 0 fully saturated rings. The molecule has 0 aromatic heterocycles. The average Bonchev–Trinajstić information content (AvgIpc) is 2.55. The summed E-state index contributed by atoms with van der Waals surface area (Å²) in [7, 11) is 3.07. The van der Waals surface area contributed by atoms with E-state index in [0.29, 0.717) is 28.4 Å². The predicted molar refractivity (Wildman–Crippen MR) is 83.3 cm³/mol. The van der Waals surface area contributed by atoms with Crippen LogP contribution in [-0.4, -0.2) is 20.3 Å². The van der Waals surface area contributed by atoms with Gasteiger partial charge in [0.2, 0.25) is 0 Å². The summed E-state index contributed by atoms with van der Waals surface area (Å²) in [5.41, 5.74) is 1.70. The Morgan fingerprint density at radius 3 is 2.14 bits per heavy atom. The quantitative estimate of drug-likeness (QED) is 0.907. The molecular formula is C16H15N3O3. The zero-order valence-corrected chi connectivity index (χ0v) is 12.2. The monoisotopic (exact) mass is 297 g/mol. The van der Waals surface area contributed by atoms with Crippen LogP contribution in [0.3, 0.4) is 0 Å². The second-order valence-corrected chi connectivity index (χ2v) is 4.34. The zero-order valence-electron chi connectivity index (χ0n) is 12.2. The van der Waals surface area contributed by atoms with Gasteiger partial charge in [-0.3, -0.25) is 0 Å². The topological polar surface area (TPSA) is 83.4 Å². The van der Waals surface area contributed by atoms with Crippen molar-refractivity contribution in [1.82, 2.24) is 0 Å². The van der Waals surface area contributed by atoms with Crippen LogP contribution in [0.2, 0.25) is 0 Å². The van der Waals surface area contributed by atoms with Gasteiger partial charge in [0.15, 0.2) is 11.5 Å². The van der Waals surface area contributed by atoms with Gasteiger partial charge >= 0.3 is 6.03 Å². The van der Waals surface area contributed by atoms with Gasteiger partial charge in [-0.05, 0) is 36.4 Å². The minimum absolute atomic E-state index is 0.392. The third kappa shape index (κ3) is 3.67. The summed E-state index contributed by atoms with van der Waals surface area (Å²) in [5.74, 6) is 1.11. The van der Waals surface area contributed by atoms with Crippen LogP contribution in [0.5, 0.6) is 11.5 Å². The summed E-state index contributed by atoms with van der Waals surface area (Å²) in [6.07, 6.45) is 0. The molecule has 2 aromatic rings. The van der Waals surface area contributed by atoms with Crippen molar-refractivity contribution in [3.8, 4) is 17.6 Å². The lowest BCUT2D eigenvalue weighted by atomic mass is 10.2. The molecule has 2 N–H and O–H groups in total. The Balaban J connectivity index is 2.03. The van der Waals surface area contributed by atoms with Gasteiger partial charge in [-0.15, -0.1) is 0 Å². The van der Waals surface area contributed by atoms with E-state index in [9.17, 15) is 4.79 Å². The van der Waals surface area contributed by atoms with E-state index >= 15 is 0 Å². The molecule has 0 aliphatic heterocycles. The highest BCUT2D eigenvalue weighted by Gasteiger charge is 2.07. The molecule has 2 aromatic carbocycles. The number of nitrogens with one attached hydrogen (secondary N) is 2.